The minimum atomic E-state index is -0.189. The van der Waals surface area contributed by atoms with Crippen LogP contribution in [-0.2, 0) is 4.74 Å². The molecular weight excluding hydrogens is 230 g/mol. The summed E-state index contributed by atoms with van der Waals surface area (Å²) in [4.78, 5) is 25.3. The van der Waals surface area contributed by atoms with Gasteiger partial charge in [-0.2, -0.15) is 0 Å². The molecule has 0 bridgehead atoms. The molecule has 0 radical (unpaired) electrons. The fourth-order valence-electron chi connectivity index (χ4n) is 2.01. The zero-order valence-electron chi connectivity index (χ0n) is 10.5. The monoisotopic (exact) mass is 247 g/mol. The molecule has 0 aliphatic carbocycles. The summed E-state index contributed by atoms with van der Waals surface area (Å²) in [5.41, 5.74) is 1.02. The second-order valence-electron chi connectivity index (χ2n) is 4.27. The van der Waals surface area contributed by atoms with E-state index in [1.54, 1.807) is 24.3 Å². The molecule has 1 aromatic carbocycles. The van der Waals surface area contributed by atoms with Crippen LogP contribution < -0.4 is 0 Å². The Morgan fingerprint density at radius 1 is 1.06 bits per heavy atom. The van der Waals surface area contributed by atoms with Crippen molar-refractivity contribution in [2.45, 2.75) is 19.8 Å². The number of benzene rings is 1. The summed E-state index contributed by atoms with van der Waals surface area (Å²) >= 11 is 0. The number of hydrogen-bond acceptors (Lipinski definition) is 3. The molecule has 0 N–H and O–H groups in total. The molecule has 0 unspecified atom stereocenters. The summed E-state index contributed by atoms with van der Waals surface area (Å²) in [6.07, 6.45) is 1.67. The first kappa shape index (κ1) is 12.8. The molecule has 0 saturated carbocycles. The molecule has 0 aromatic heterocycles. The van der Waals surface area contributed by atoms with Gasteiger partial charge in [0.15, 0.2) is 0 Å². The maximum absolute atomic E-state index is 12.0. The molecule has 96 valence electrons. The molecule has 0 saturated heterocycles. The van der Waals surface area contributed by atoms with Gasteiger partial charge in [-0.05, 0) is 25.0 Å². The molecule has 1 aromatic rings. The van der Waals surface area contributed by atoms with E-state index >= 15 is 0 Å². The van der Waals surface area contributed by atoms with Crippen LogP contribution in [0.25, 0.3) is 0 Å². The minimum absolute atomic E-state index is 0.189. The van der Waals surface area contributed by atoms with Crippen LogP contribution >= 0.6 is 0 Å². The van der Waals surface area contributed by atoms with Gasteiger partial charge in [-0.1, -0.05) is 19.1 Å². The molecule has 1 heterocycles. The van der Waals surface area contributed by atoms with E-state index in [0.717, 1.165) is 13.0 Å². The van der Waals surface area contributed by atoms with Gasteiger partial charge in [0, 0.05) is 19.8 Å². The smallest absolute Gasteiger partial charge is 0.261 e. The number of hydrogen-bond donors (Lipinski definition) is 0. The van der Waals surface area contributed by atoms with E-state index in [9.17, 15) is 9.59 Å². The van der Waals surface area contributed by atoms with Gasteiger partial charge in [0.2, 0.25) is 0 Å². The van der Waals surface area contributed by atoms with Crippen LogP contribution in [0, 0.1) is 0 Å². The van der Waals surface area contributed by atoms with Crippen LogP contribution in [0.15, 0.2) is 24.3 Å². The quantitative estimate of drug-likeness (QED) is 0.571. The van der Waals surface area contributed by atoms with Crippen molar-refractivity contribution in [3.63, 3.8) is 0 Å². The van der Waals surface area contributed by atoms with Gasteiger partial charge in [0.05, 0.1) is 11.1 Å². The number of fused-ring (bicyclic) bond motifs is 1. The maximum Gasteiger partial charge on any atom is 0.261 e. The van der Waals surface area contributed by atoms with E-state index in [2.05, 4.69) is 0 Å². The molecule has 1 aliphatic rings. The highest BCUT2D eigenvalue weighted by Gasteiger charge is 2.34. The van der Waals surface area contributed by atoms with Crippen molar-refractivity contribution in [1.82, 2.24) is 4.90 Å². The van der Waals surface area contributed by atoms with Crippen LogP contribution in [0.2, 0.25) is 0 Å². The van der Waals surface area contributed by atoms with Crippen molar-refractivity contribution in [3.05, 3.63) is 35.4 Å². The number of nitrogens with zero attached hydrogens (tertiary/aromatic N) is 1. The molecule has 0 spiro atoms. The highest BCUT2D eigenvalue weighted by molar-refractivity contribution is 6.21. The number of amides is 2. The van der Waals surface area contributed by atoms with E-state index in [1.807, 2.05) is 6.92 Å². The summed E-state index contributed by atoms with van der Waals surface area (Å²) in [6, 6.07) is 6.95. The standard InChI is InChI=1S/C14H17NO3/c1-2-9-18-10-5-8-15-13(16)11-6-3-4-7-12(11)14(15)17/h3-4,6-7H,2,5,8-10H2,1H3. The van der Waals surface area contributed by atoms with E-state index in [0.29, 0.717) is 30.7 Å². The van der Waals surface area contributed by atoms with Gasteiger partial charge in [-0.25, -0.2) is 0 Å². The van der Waals surface area contributed by atoms with Gasteiger partial charge in [0.1, 0.15) is 0 Å². The lowest BCUT2D eigenvalue weighted by atomic mass is 10.1. The maximum atomic E-state index is 12.0. The number of rotatable bonds is 6. The fraction of sp³-hybridized carbons (Fsp3) is 0.429. The van der Waals surface area contributed by atoms with Gasteiger partial charge in [-0.3, -0.25) is 14.5 Å². The van der Waals surface area contributed by atoms with E-state index in [-0.39, 0.29) is 11.8 Å². The van der Waals surface area contributed by atoms with Crippen molar-refractivity contribution in [1.29, 1.82) is 0 Å². The Labute approximate surface area is 107 Å². The molecular formula is C14H17NO3. The van der Waals surface area contributed by atoms with E-state index in [4.69, 9.17) is 4.74 Å². The van der Waals surface area contributed by atoms with Gasteiger partial charge >= 0.3 is 0 Å². The number of imide groups is 1. The van der Waals surface area contributed by atoms with Gasteiger partial charge < -0.3 is 4.74 Å². The topological polar surface area (TPSA) is 46.6 Å². The summed E-state index contributed by atoms with van der Waals surface area (Å²) in [5, 5.41) is 0. The van der Waals surface area contributed by atoms with E-state index in [1.165, 1.54) is 4.90 Å². The average molecular weight is 247 g/mol. The first-order chi connectivity index (χ1) is 8.75. The van der Waals surface area contributed by atoms with Crippen molar-refractivity contribution < 1.29 is 14.3 Å². The molecule has 4 nitrogen and oxygen atoms in total. The fourth-order valence-corrected chi connectivity index (χ4v) is 2.01. The number of carbonyl (C=O) groups is 2. The van der Waals surface area contributed by atoms with Gasteiger partial charge in [0.25, 0.3) is 11.8 Å². The molecule has 2 rings (SSSR count). The first-order valence-corrected chi connectivity index (χ1v) is 6.28. The highest BCUT2D eigenvalue weighted by atomic mass is 16.5. The predicted octanol–water partition coefficient (Wildman–Crippen LogP) is 2.10. The Bertz CT molecular complexity index is 421. The Morgan fingerprint density at radius 3 is 2.22 bits per heavy atom. The Hall–Kier alpha value is -1.68. The third-order valence-electron chi connectivity index (χ3n) is 2.90. The molecule has 18 heavy (non-hydrogen) atoms. The normalized spacial score (nSPS) is 14.2. The lowest BCUT2D eigenvalue weighted by Crippen LogP contribution is -2.31. The van der Waals surface area contributed by atoms with Gasteiger partial charge in [-0.15, -0.1) is 0 Å². The molecule has 0 atom stereocenters. The highest BCUT2D eigenvalue weighted by Crippen LogP contribution is 2.22. The number of carbonyl (C=O) groups excluding carboxylic acids is 2. The average Bonchev–Trinajstić information content (AvgIpc) is 2.64. The summed E-state index contributed by atoms with van der Waals surface area (Å²) in [7, 11) is 0. The van der Waals surface area contributed by atoms with Crippen LogP contribution in [0.4, 0.5) is 0 Å². The number of ether oxygens (including phenoxy) is 1. The lowest BCUT2D eigenvalue weighted by molar-refractivity contribution is 0.0626. The molecule has 1 aliphatic heterocycles. The van der Waals surface area contributed by atoms with E-state index < -0.39 is 0 Å². The van der Waals surface area contributed by atoms with Crippen molar-refractivity contribution in [2.75, 3.05) is 19.8 Å². The van der Waals surface area contributed by atoms with Crippen LogP contribution in [0.5, 0.6) is 0 Å². The van der Waals surface area contributed by atoms with Crippen LogP contribution in [0.3, 0.4) is 0 Å². The molecule has 4 heteroatoms. The molecule has 2 amide bonds. The third kappa shape index (κ3) is 2.43. The first-order valence-electron chi connectivity index (χ1n) is 6.28. The largest absolute Gasteiger partial charge is 0.381 e. The third-order valence-corrected chi connectivity index (χ3v) is 2.90. The lowest BCUT2D eigenvalue weighted by Gasteiger charge is -2.13. The van der Waals surface area contributed by atoms with Crippen LogP contribution in [0.1, 0.15) is 40.5 Å². The zero-order chi connectivity index (χ0) is 13.0. The predicted molar refractivity (Wildman–Crippen MR) is 67.5 cm³/mol. The SMILES string of the molecule is CCCOCCCN1C(=O)c2ccccc2C1=O. The van der Waals surface area contributed by atoms with Crippen molar-refractivity contribution in [3.8, 4) is 0 Å². The Balaban J connectivity index is 1.93. The van der Waals surface area contributed by atoms with Crippen molar-refractivity contribution in [2.24, 2.45) is 0 Å². The second kappa shape index (κ2) is 5.78. The summed E-state index contributed by atoms with van der Waals surface area (Å²) in [5.74, 6) is -0.378. The van der Waals surface area contributed by atoms with Crippen molar-refractivity contribution >= 4 is 11.8 Å². The van der Waals surface area contributed by atoms with Crippen LogP contribution in [-0.4, -0.2) is 36.5 Å². The molecule has 0 fully saturated rings. The Morgan fingerprint density at radius 2 is 1.67 bits per heavy atom. The summed E-state index contributed by atoms with van der Waals surface area (Å²) < 4.78 is 5.34. The second-order valence-corrected chi connectivity index (χ2v) is 4.27. The minimum Gasteiger partial charge on any atom is -0.381 e. The zero-order valence-corrected chi connectivity index (χ0v) is 10.5. The summed E-state index contributed by atoms with van der Waals surface area (Å²) in [6.45, 7) is 3.78. The Kier molecular flexibility index (Phi) is 4.10.